The second-order valence-electron chi connectivity index (χ2n) is 8.15. The molecule has 2 aromatic rings. The van der Waals surface area contributed by atoms with E-state index in [1.165, 1.54) is 11.8 Å². The maximum atomic E-state index is 12.9. The first-order valence-corrected chi connectivity index (χ1v) is 11.6. The van der Waals surface area contributed by atoms with E-state index in [1.807, 2.05) is 23.6 Å². The fourth-order valence-corrected chi connectivity index (χ4v) is 5.03. The number of furan rings is 1. The molecule has 1 saturated heterocycles. The van der Waals surface area contributed by atoms with Crippen molar-refractivity contribution in [1.82, 2.24) is 20.1 Å². The molecule has 0 aromatic carbocycles. The van der Waals surface area contributed by atoms with Crippen molar-refractivity contribution in [3.8, 4) is 6.07 Å². The van der Waals surface area contributed by atoms with Gasteiger partial charge in [0.2, 0.25) is 11.9 Å². The number of hydrogen-bond donors (Lipinski definition) is 1. The molecule has 1 saturated carbocycles. The Morgan fingerprint density at radius 2 is 2.07 bits per heavy atom. The highest BCUT2D eigenvalue weighted by atomic mass is 32.2. The van der Waals surface area contributed by atoms with Gasteiger partial charge in [-0.05, 0) is 44.7 Å². The van der Waals surface area contributed by atoms with Crippen LogP contribution in [0.3, 0.4) is 0 Å². The molecule has 1 N–H and O–H groups in total. The lowest BCUT2D eigenvalue weighted by Gasteiger charge is -2.32. The largest absolute Gasteiger partial charge is 0.467 e. The molecule has 2 aliphatic rings. The Morgan fingerprint density at radius 1 is 1.30 bits per heavy atom. The zero-order chi connectivity index (χ0) is 21.0. The first-order valence-electron chi connectivity index (χ1n) is 10.7. The van der Waals surface area contributed by atoms with Crippen LogP contribution in [-0.2, 0) is 11.3 Å². The van der Waals surface area contributed by atoms with E-state index in [4.69, 9.17) is 4.42 Å². The van der Waals surface area contributed by atoms with Crippen LogP contribution in [0.25, 0.3) is 0 Å². The van der Waals surface area contributed by atoms with Crippen LogP contribution < -0.4 is 10.2 Å². The highest BCUT2D eigenvalue weighted by Gasteiger charge is 2.35. The van der Waals surface area contributed by atoms with Crippen LogP contribution in [0.5, 0.6) is 0 Å². The molecule has 1 amide bonds. The van der Waals surface area contributed by atoms with Crippen LogP contribution in [0.15, 0.2) is 28.0 Å². The minimum atomic E-state index is -0.729. The number of rotatable bonds is 7. The molecule has 0 bridgehead atoms. The van der Waals surface area contributed by atoms with Gasteiger partial charge in [0.25, 0.3) is 0 Å². The summed E-state index contributed by atoms with van der Waals surface area (Å²) in [5, 5.41) is 21.8. The van der Waals surface area contributed by atoms with Crippen molar-refractivity contribution in [3.63, 3.8) is 0 Å². The van der Waals surface area contributed by atoms with Gasteiger partial charge in [-0.2, -0.15) is 5.26 Å². The Labute approximate surface area is 181 Å². The van der Waals surface area contributed by atoms with Gasteiger partial charge in [0.05, 0.1) is 24.1 Å². The molecule has 1 aliphatic heterocycles. The second kappa shape index (κ2) is 9.13. The third-order valence-corrected chi connectivity index (χ3v) is 7.00. The number of thioether (sulfide) groups is 1. The van der Waals surface area contributed by atoms with Crippen LogP contribution in [0.1, 0.15) is 57.6 Å². The Bertz CT molecular complexity index is 891. The third kappa shape index (κ3) is 4.48. The number of nitrogens with one attached hydrogen (secondary N) is 1. The summed E-state index contributed by atoms with van der Waals surface area (Å²) in [5.74, 6) is 1.51. The highest BCUT2D eigenvalue weighted by molar-refractivity contribution is 8.00. The van der Waals surface area contributed by atoms with Crippen molar-refractivity contribution in [1.29, 1.82) is 5.26 Å². The number of aromatic nitrogens is 3. The van der Waals surface area contributed by atoms with E-state index in [9.17, 15) is 10.1 Å². The average Bonchev–Trinajstić information content (AvgIpc) is 3.52. The molecule has 2 fully saturated rings. The normalized spacial score (nSPS) is 19.4. The van der Waals surface area contributed by atoms with Crippen molar-refractivity contribution < 1.29 is 9.21 Å². The summed E-state index contributed by atoms with van der Waals surface area (Å²) in [6, 6.07) is 6.15. The zero-order valence-corrected chi connectivity index (χ0v) is 18.2. The molecule has 1 unspecified atom stereocenters. The number of nitriles is 1. The number of carbonyl (C=O) groups is 1. The minimum Gasteiger partial charge on any atom is -0.467 e. The third-order valence-electron chi connectivity index (χ3n) is 5.92. The van der Waals surface area contributed by atoms with Gasteiger partial charge < -0.3 is 14.6 Å². The average molecular weight is 429 g/mol. The lowest BCUT2D eigenvalue weighted by atomic mass is 9.83. The van der Waals surface area contributed by atoms with Crippen molar-refractivity contribution >= 4 is 23.6 Å². The van der Waals surface area contributed by atoms with Gasteiger partial charge in [-0.1, -0.05) is 31.0 Å². The molecule has 30 heavy (non-hydrogen) atoms. The van der Waals surface area contributed by atoms with Gasteiger partial charge in [-0.25, -0.2) is 0 Å². The molecule has 9 heteroatoms. The summed E-state index contributed by atoms with van der Waals surface area (Å²) in [6.07, 6.45) is 8.47. The second-order valence-corrected chi connectivity index (χ2v) is 9.45. The SMILES string of the molecule is CC(Sc1nnc(N2CCCC2)n1Cc1ccco1)C(=O)NC1(C#N)CCCCC1. The molecule has 3 heterocycles. The lowest BCUT2D eigenvalue weighted by molar-refractivity contribution is -0.121. The van der Waals surface area contributed by atoms with E-state index in [0.29, 0.717) is 11.7 Å². The standard InChI is InChI=1S/C21H28N6O2S/c1-16(18(28)23-21(15-22)9-3-2-4-10-21)30-20-25-24-19(26-11-5-6-12-26)27(20)14-17-8-7-13-29-17/h7-8,13,16H,2-6,9-12,14H2,1H3,(H,23,28). The predicted molar refractivity (Wildman–Crippen MR) is 114 cm³/mol. The minimum absolute atomic E-state index is 0.126. The van der Waals surface area contributed by atoms with E-state index in [2.05, 4.69) is 26.5 Å². The molecular formula is C21H28N6O2S. The van der Waals surface area contributed by atoms with Gasteiger partial charge in [-0.15, -0.1) is 10.2 Å². The highest BCUT2D eigenvalue weighted by Crippen LogP contribution is 2.31. The van der Waals surface area contributed by atoms with E-state index in [-0.39, 0.29) is 11.2 Å². The van der Waals surface area contributed by atoms with Crippen molar-refractivity contribution in [3.05, 3.63) is 24.2 Å². The van der Waals surface area contributed by atoms with Gasteiger partial charge in [0, 0.05) is 13.1 Å². The molecule has 1 atom stereocenters. The van der Waals surface area contributed by atoms with E-state index in [0.717, 1.165) is 69.7 Å². The number of nitrogens with zero attached hydrogens (tertiary/aromatic N) is 5. The predicted octanol–water partition coefficient (Wildman–Crippen LogP) is 3.34. The van der Waals surface area contributed by atoms with Gasteiger partial charge in [0.1, 0.15) is 11.3 Å². The molecule has 2 aromatic heterocycles. The fourth-order valence-electron chi connectivity index (χ4n) is 4.19. The quantitative estimate of drug-likeness (QED) is 0.675. The first kappa shape index (κ1) is 20.8. The molecule has 0 radical (unpaired) electrons. The maximum Gasteiger partial charge on any atom is 0.234 e. The maximum absolute atomic E-state index is 12.9. The molecule has 4 rings (SSSR count). The van der Waals surface area contributed by atoms with Crippen LogP contribution in [-0.4, -0.2) is 44.6 Å². The topological polar surface area (TPSA) is 100.0 Å². The number of hydrogen-bond acceptors (Lipinski definition) is 7. The van der Waals surface area contributed by atoms with Crippen LogP contribution in [0.2, 0.25) is 0 Å². The molecular weight excluding hydrogens is 400 g/mol. The lowest BCUT2D eigenvalue weighted by Crippen LogP contribution is -2.51. The summed E-state index contributed by atoms with van der Waals surface area (Å²) in [6.45, 7) is 4.29. The van der Waals surface area contributed by atoms with Gasteiger partial charge in [0.15, 0.2) is 5.16 Å². The summed E-state index contributed by atoms with van der Waals surface area (Å²) < 4.78 is 7.57. The van der Waals surface area contributed by atoms with E-state index < -0.39 is 5.54 Å². The number of carbonyl (C=O) groups excluding carboxylic acids is 1. The van der Waals surface area contributed by atoms with Gasteiger partial charge in [-0.3, -0.25) is 9.36 Å². The van der Waals surface area contributed by atoms with E-state index in [1.54, 1.807) is 6.26 Å². The summed E-state index contributed by atoms with van der Waals surface area (Å²) in [4.78, 5) is 15.1. The van der Waals surface area contributed by atoms with Crippen molar-refractivity contribution in [2.24, 2.45) is 0 Å². The Hall–Kier alpha value is -2.47. The Balaban J connectivity index is 1.50. The Morgan fingerprint density at radius 3 is 2.73 bits per heavy atom. The number of amides is 1. The molecule has 8 nitrogen and oxygen atoms in total. The van der Waals surface area contributed by atoms with E-state index >= 15 is 0 Å². The monoisotopic (exact) mass is 428 g/mol. The molecule has 0 spiro atoms. The van der Waals surface area contributed by atoms with Crippen molar-refractivity contribution in [2.45, 2.75) is 74.4 Å². The molecule has 160 valence electrons. The summed E-state index contributed by atoms with van der Waals surface area (Å²) >= 11 is 1.38. The van der Waals surface area contributed by atoms with Crippen LogP contribution in [0, 0.1) is 11.3 Å². The zero-order valence-electron chi connectivity index (χ0n) is 17.3. The van der Waals surface area contributed by atoms with Gasteiger partial charge >= 0.3 is 0 Å². The first-order chi connectivity index (χ1) is 14.6. The summed E-state index contributed by atoms with van der Waals surface area (Å²) in [7, 11) is 0. The van der Waals surface area contributed by atoms with Crippen LogP contribution in [0.4, 0.5) is 5.95 Å². The number of anilines is 1. The summed E-state index contributed by atoms with van der Waals surface area (Å²) in [5.41, 5.74) is -0.729. The smallest absolute Gasteiger partial charge is 0.234 e. The fraction of sp³-hybridized carbons (Fsp3) is 0.619. The van der Waals surface area contributed by atoms with Crippen molar-refractivity contribution in [2.75, 3.05) is 18.0 Å². The van der Waals surface area contributed by atoms with Crippen LogP contribution >= 0.6 is 11.8 Å². The molecule has 1 aliphatic carbocycles. The Kier molecular flexibility index (Phi) is 6.32.